The average molecular weight is 446 g/mol. The van der Waals surface area contributed by atoms with Crippen molar-refractivity contribution in [2.24, 2.45) is 0 Å². The van der Waals surface area contributed by atoms with Gasteiger partial charge in [-0.05, 0) is 34.7 Å². The Morgan fingerprint density at radius 1 is 0.867 bits per heavy atom. The van der Waals surface area contributed by atoms with Crippen LogP contribution in [0.15, 0.2) is 67.8 Å². The maximum Gasteiger partial charge on any atom is 0.269 e. The molecule has 0 saturated heterocycles. The topological polar surface area (TPSA) is 122 Å². The van der Waals surface area contributed by atoms with E-state index in [2.05, 4.69) is 18.1 Å². The molecule has 0 bridgehead atoms. The van der Waals surface area contributed by atoms with Gasteiger partial charge in [-0.1, -0.05) is 49.6 Å². The molecule has 0 atom stereocenters. The van der Waals surface area contributed by atoms with Crippen LogP contribution in [0.2, 0.25) is 0 Å². The van der Waals surface area contributed by atoms with Crippen LogP contribution in [0.25, 0.3) is 27.2 Å². The van der Waals surface area contributed by atoms with Gasteiger partial charge in [0.15, 0.2) is 0 Å². The number of hydrogen-bond acceptors (Lipinski definition) is 5. The number of fused-ring (bicyclic) bond motifs is 3. The van der Waals surface area contributed by atoms with E-state index in [-0.39, 0.29) is 0 Å². The molecule has 2 aromatic carbocycles. The predicted molar refractivity (Wildman–Crippen MR) is 118 cm³/mol. The summed E-state index contributed by atoms with van der Waals surface area (Å²) in [6.45, 7) is 7.49. The van der Waals surface area contributed by atoms with Crippen molar-refractivity contribution in [1.29, 1.82) is 0 Å². The first kappa shape index (κ1) is 21.8. The largest absolute Gasteiger partial charge is 0.285 e. The van der Waals surface area contributed by atoms with Gasteiger partial charge < -0.3 is 0 Å². The van der Waals surface area contributed by atoms with Gasteiger partial charge in [0.2, 0.25) is 0 Å². The first-order valence-electron chi connectivity index (χ1n) is 8.72. The lowest BCUT2D eigenvalue weighted by atomic mass is 9.97. The van der Waals surface area contributed by atoms with E-state index in [0.29, 0.717) is 44.1 Å². The zero-order valence-corrected chi connectivity index (χ0v) is 17.4. The van der Waals surface area contributed by atoms with Crippen LogP contribution < -0.4 is 0 Å². The molecule has 2 N–H and O–H groups in total. The van der Waals surface area contributed by atoms with Gasteiger partial charge in [-0.15, -0.1) is 0 Å². The molecule has 0 fully saturated rings. The van der Waals surface area contributed by atoms with Crippen LogP contribution >= 0.6 is 0 Å². The molecule has 1 heterocycles. The number of hydrogen-bond donors (Lipinski definition) is 2. The Morgan fingerprint density at radius 2 is 1.43 bits per heavy atom. The molecule has 9 heteroatoms. The van der Waals surface area contributed by atoms with E-state index in [0.717, 1.165) is 0 Å². The number of benzene rings is 2. The van der Waals surface area contributed by atoms with Gasteiger partial charge in [-0.3, -0.25) is 9.11 Å². The molecular formula is C21H19NO6S2. The van der Waals surface area contributed by atoms with Gasteiger partial charge in [0.05, 0.1) is 11.2 Å². The first-order chi connectivity index (χ1) is 14.0. The first-order valence-corrected chi connectivity index (χ1v) is 11.9. The van der Waals surface area contributed by atoms with Gasteiger partial charge in [-0.2, -0.15) is 16.8 Å². The molecule has 0 aliphatic heterocycles. The van der Waals surface area contributed by atoms with Gasteiger partial charge >= 0.3 is 0 Å². The molecule has 1 aromatic heterocycles. The quantitative estimate of drug-likeness (QED) is 0.321. The van der Waals surface area contributed by atoms with E-state index >= 15 is 0 Å². The fraction of sp³-hybridized carbons (Fsp3) is 0.0952. The van der Waals surface area contributed by atoms with Gasteiger partial charge in [0, 0.05) is 16.3 Å². The van der Waals surface area contributed by atoms with Crippen LogP contribution in [0.5, 0.6) is 0 Å². The van der Waals surface area contributed by atoms with Crippen LogP contribution in [-0.2, 0) is 31.7 Å². The van der Waals surface area contributed by atoms with Gasteiger partial charge in [0.25, 0.3) is 20.2 Å². The van der Waals surface area contributed by atoms with Crippen molar-refractivity contribution in [2.45, 2.75) is 11.5 Å². The second-order valence-corrected chi connectivity index (χ2v) is 9.61. The van der Waals surface area contributed by atoms with Crippen molar-refractivity contribution in [3.8, 4) is 0 Å². The van der Waals surface area contributed by atoms with Crippen molar-refractivity contribution in [3.05, 3.63) is 84.6 Å². The summed E-state index contributed by atoms with van der Waals surface area (Å²) in [5.41, 5.74) is 2.54. The van der Waals surface area contributed by atoms with Gasteiger partial charge in [-0.25, -0.2) is 4.98 Å². The molecule has 0 amide bonds. The van der Waals surface area contributed by atoms with Crippen molar-refractivity contribution in [1.82, 2.24) is 4.98 Å². The minimum absolute atomic E-state index is 0.353. The fourth-order valence-corrected chi connectivity index (χ4v) is 4.49. The maximum absolute atomic E-state index is 11.3. The lowest BCUT2D eigenvalue weighted by Crippen LogP contribution is -2.03. The Bertz CT molecular complexity index is 1420. The summed E-state index contributed by atoms with van der Waals surface area (Å²) >= 11 is 0. The van der Waals surface area contributed by atoms with Crippen LogP contribution in [-0.4, -0.2) is 30.9 Å². The minimum atomic E-state index is -4.24. The number of aromatic nitrogens is 1. The summed E-state index contributed by atoms with van der Waals surface area (Å²) < 4.78 is 63.6. The molecule has 0 aliphatic carbocycles. The predicted octanol–water partition coefficient (Wildman–Crippen LogP) is 3.92. The van der Waals surface area contributed by atoms with Crippen molar-refractivity contribution < 1.29 is 25.9 Å². The smallest absolute Gasteiger partial charge is 0.269 e. The SMILES string of the molecule is C=CC=C(C=C)c1nc2ccc(CS(=O)(=O)O)cc2c2cc(CS(=O)(=O)O)ccc12. The normalized spacial score (nSPS) is 12.9. The summed E-state index contributed by atoms with van der Waals surface area (Å²) in [4.78, 5) is 4.67. The third kappa shape index (κ3) is 5.00. The molecule has 0 saturated carbocycles. The van der Waals surface area contributed by atoms with E-state index in [4.69, 9.17) is 0 Å². The number of rotatable bonds is 7. The highest BCUT2D eigenvalue weighted by Gasteiger charge is 2.15. The Kier molecular flexibility index (Phi) is 5.91. The number of allylic oxidation sites excluding steroid dienone is 4. The summed E-state index contributed by atoms with van der Waals surface area (Å²) in [6, 6.07) is 9.64. The highest BCUT2D eigenvalue weighted by molar-refractivity contribution is 7.85. The zero-order chi connectivity index (χ0) is 22.1. The molecule has 0 radical (unpaired) electrons. The van der Waals surface area contributed by atoms with Crippen LogP contribution in [0, 0.1) is 0 Å². The van der Waals surface area contributed by atoms with Crippen molar-refractivity contribution >= 4 is 47.5 Å². The van der Waals surface area contributed by atoms with Crippen LogP contribution in [0.4, 0.5) is 0 Å². The van der Waals surface area contributed by atoms with E-state index in [1.807, 2.05) is 0 Å². The lowest BCUT2D eigenvalue weighted by molar-refractivity contribution is 0.479. The second kappa shape index (κ2) is 8.11. The highest BCUT2D eigenvalue weighted by atomic mass is 32.2. The van der Waals surface area contributed by atoms with E-state index in [1.165, 1.54) is 0 Å². The standard InChI is InChI=1S/C21H19NO6S2/c1-3-5-16(4-2)21-17-8-6-14(12-29(23,24)25)10-18(17)19-11-15(13-30(26,27)28)7-9-20(19)22-21/h3-11H,1-2,12-13H2,(H,23,24,25)(H,26,27,28). The lowest BCUT2D eigenvalue weighted by Gasteiger charge is -2.13. The summed E-state index contributed by atoms with van der Waals surface area (Å²) in [5.74, 6) is -1.13. The third-order valence-electron chi connectivity index (χ3n) is 4.41. The van der Waals surface area contributed by atoms with Crippen LogP contribution in [0.1, 0.15) is 16.8 Å². The average Bonchev–Trinajstić information content (AvgIpc) is 2.63. The summed E-state index contributed by atoms with van der Waals surface area (Å²) in [7, 11) is -8.47. The Morgan fingerprint density at radius 3 is 1.97 bits per heavy atom. The fourth-order valence-electron chi connectivity index (χ4n) is 3.29. The van der Waals surface area contributed by atoms with Crippen molar-refractivity contribution in [2.75, 3.05) is 0 Å². The van der Waals surface area contributed by atoms with E-state index in [9.17, 15) is 25.9 Å². The molecule has 3 rings (SSSR count). The molecule has 30 heavy (non-hydrogen) atoms. The molecule has 0 aliphatic rings. The van der Waals surface area contributed by atoms with E-state index in [1.54, 1.807) is 54.6 Å². The molecule has 0 unspecified atom stereocenters. The third-order valence-corrected chi connectivity index (χ3v) is 5.81. The molecule has 156 valence electrons. The van der Waals surface area contributed by atoms with Crippen LogP contribution in [0.3, 0.4) is 0 Å². The van der Waals surface area contributed by atoms with Gasteiger partial charge in [0.1, 0.15) is 11.5 Å². The Hall–Kier alpha value is -2.85. The zero-order valence-electron chi connectivity index (χ0n) is 15.8. The Labute approximate surface area is 174 Å². The minimum Gasteiger partial charge on any atom is -0.285 e. The molecular weight excluding hydrogens is 426 g/mol. The van der Waals surface area contributed by atoms with E-state index < -0.39 is 31.7 Å². The molecule has 7 nitrogen and oxygen atoms in total. The maximum atomic E-state index is 11.3. The molecule has 3 aromatic rings. The summed E-state index contributed by atoms with van der Waals surface area (Å²) in [5, 5.41) is 1.87. The molecule has 0 spiro atoms. The number of pyridine rings is 1. The second-order valence-electron chi connectivity index (χ2n) is 6.71. The van der Waals surface area contributed by atoms with Crippen molar-refractivity contribution in [3.63, 3.8) is 0 Å². The highest BCUT2D eigenvalue weighted by Crippen LogP contribution is 2.32. The number of nitrogens with zero attached hydrogens (tertiary/aromatic N) is 1. The monoisotopic (exact) mass is 445 g/mol. The Balaban J connectivity index is 2.39. The summed E-state index contributed by atoms with van der Waals surface area (Å²) in [6.07, 6.45) is 4.95.